The Kier molecular flexibility index (Phi) is 7.18. The van der Waals surface area contributed by atoms with Crippen LogP contribution in [0.5, 0.6) is 17.2 Å². The second kappa shape index (κ2) is 10.4. The molecule has 0 fully saturated rings. The number of methoxy groups -OCH3 is 3. The predicted molar refractivity (Wildman–Crippen MR) is 124 cm³/mol. The molecule has 0 unspecified atom stereocenters. The van der Waals surface area contributed by atoms with Crippen molar-refractivity contribution in [1.29, 1.82) is 0 Å². The number of fused-ring (bicyclic) bond motifs is 1. The Morgan fingerprint density at radius 1 is 0.971 bits per heavy atom. The number of nitrogens with zero attached hydrogens (tertiary/aromatic N) is 1. The normalized spacial score (nSPS) is 13.1. The third-order valence-corrected chi connectivity index (χ3v) is 5.80. The van der Waals surface area contributed by atoms with E-state index >= 15 is 0 Å². The Labute approximate surface area is 197 Å². The second-order valence-electron chi connectivity index (χ2n) is 7.99. The van der Waals surface area contributed by atoms with Crippen LogP contribution in [0.1, 0.15) is 32.8 Å². The highest BCUT2D eigenvalue weighted by Gasteiger charge is 2.20. The molecule has 8 nitrogen and oxygen atoms in total. The van der Waals surface area contributed by atoms with Crippen LogP contribution in [0.4, 0.5) is 0 Å². The van der Waals surface area contributed by atoms with Crippen molar-refractivity contribution in [3.8, 4) is 17.2 Å². The molecule has 2 aromatic carbocycles. The second-order valence-corrected chi connectivity index (χ2v) is 7.99. The number of hydrogen-bond acceptors (Lipinski definition) is 8. The number of hydrogen-bond donors (Lipinski definition) is 0. The molecule has 178 valence electrons. The van der Waals surface area contributed by atoms with Gasteiger partial charge < -0.3 is 23.4 Å². The molecule has 0 saturated heterocycles. The topological polar surface area (TPSA) is 87.4 Å². The first-order chi connectivity index (χ1) is 16.5. The summed E-state index contributed by atoms with van der Waals surface area (Å²) in [7, 11) is 4.59. The molecule has 1 aromatic heterocycles. The van der Waals surface area contributed by atoms with Gasteiger partial charge in [0.15, 0.2) is 11.5 Å². The summed E-state index contributed by atoms with van der Waals surface area (Å²) in [6.07, 6.45) is 2.22. The Morgan fingerprint density at radius 2 is 1.68 bits per heavy atom. The first kappa shape index (κ1) is 23.4. The molecule has 0 aliphatic carbocycles. The minimum Gasteiger partial charge on any atom is -0.493 e. The first-order valence-corrected chi connectivity index (χ1v) is 10.9. The van der Waals surface area contributed by atoms with Crippen molar-refractivity contribution in [2.45, 2.75) is 26.1 Å². The molecule has 0 N–H and O–H groups in total. The molecule has 0 amide bonds. The molecule has 34 heavy (non-hydrogen) atoms. The van der Waals surface area contributed by atoms with Crippen molar-refractivity contribution >= 4 is 5.97 Å². The summed E-state index contributed by atoms with van der Waals surface area (Å²) in [6.45, 7) is 2.25. The van der Waals surface area contributed by atoms with Crippen molar-refractivity contribution in [1.82, 2.24) is 4.90 Å². The molecule has 3 aromatic rings. The van der Waals surface area contributed by atoms with Crippen LogP contribution < -0.4 is 19.6 Å². The third-order valence-electron chi connectivity index (χ3n) is 5.80. The summed E-state index contributed by atoms with van der Waals surface area (Å²) in [5.41, 5.74) is 3.43. The lowest BCUT2D eigenvalue weighted by Gasteiger charge is -2.29. The van der Waals surface area contributed by atoms with Crippen LogP contribution in [-0.2, 0) is 30.9 Å². The summed E-state index contributed by atoms with van der Waals surface area (Å²) in [5.74, 6) is 1.75. The Balaban J connectivity index is 1.37. The number of benzene rings is 2. The average Bonchev–Trinajstić information content (AvgIpc) is 2.87. The summed E-state index contributed by atoms with van der Waals surface area (Å²) in [5, 5.41) is 0. The zero-order valence-corrected chi connectivity index (χ0v) is 19.5. The van der Waals surface area contributed by atoms with Crippen LogP contribution in [0.25, 0.3) is 0 Å². The van der Waals surface area contributed by atoms with Crippen LogP contribution in [0.3, 0.4) is 0 Å². The molecule has 0 radical (unpaired) electrons. The first-order valence-electron chi connectivity index (χ1n) is 10.9. The van der Waals surface area contributed by atoms with Gasteiger partial charge in [0.25, 0.3) is 0 Å². The van der Waals surface area contributed by atoms with Crippen LogP contribution in [-0.4, -0.2) is 38.7 Å². The molecule has 0 spiro atoms. The van der Waals surface area contributed by atoms with Gasteiger partial charge in [-0.25, -0.2) is 4.79 Å². The molecular weight excluding hydrogens is 438 g/mol. The van der Waals surface area contributed by atoms with E-state index in [1.165, 1.54) is 30.6 Å². The Hall–Kier alpha value is -3.78. The van der Waals surface area contributed by atoms with Crippen LogP contribution in [0, 0.1) is 0 Å². The van der Waals surface area contributed by atoms with E-state index in [4.69, 9.17) is 18.6 Å². The van der Waals surface area contributed by atoms with E-state index in [1.54, 1.807) is 38.5 Å². The van der Waals surface area contributed by atoms with E-state index in [1.807, 2.05) is 12.1 Å². The summed E-state index contributed by atoms with van der Waals surface area (Å²) < 4.78 is 26.8. The summed E-state index contributed by atoms with van der Waals surface area (Å²) >= 11 is 0. The van der Waals surface area contributed by atoms with Crippen molar-refractivity contribution in [3.05, 3.63) is 87.0 Å². The fraction of sp³-hybridized carbons (Fsp3) is 0.308. The third kappa shape index (κ3) is 5.23. The van der Waals surface area contributed by atoms with Crippen molar-refractivity contribution < 1.29 is 28.2 Å². The number of esters is 1. The highest BCUT2D eigenvalue weighted by Crippen LogP contribution is 2.33. The van der Waals surface area contributed by atoms with Crippen molar-refractivity contribution in [3.63, 3.8) is 0 Å². The van der Waals surface area contributed by atoms with Gasteiger partial charge in [0, 0.05) is 19.2 Å². The van der Waals surface area contributed by atoms with Crippen LogP contribution in [0.2, 0.25) is 0 Å². The smallest absolute Gasteiger partial charge is 0.337 e. The zero-order chi connectivity index (χ0) is 24.1. The zero-order valence-electron chi connectivity index (χ0n) is 19.5. The minimum absolute atomic E-state index is 0.140. The molecule has 2 heterocycles. The molecule has 1 aliphatic heterocycles. The predicted octanol–water partition coefficient (Wildman–Crippen LogP) is 3.58. The highest BCUT2D eigenvalue weighted by molar-refractivity contribution is 5.89. The van der Waals surface area contributed by atoms with E-state index in [2.05, 4.69) is 9.64 Å². The number of carbonyl (C=O) groups excluding carboxylic acids is 1. The van der Waals surface area contributed by atoms with Gasteiger partial charge in [0.2, 0.25) is 11.2 Å². The molecule has 8 heteroatoms. The lowest BCUT2D eigenvalue weighted by Crippen LogP contribution is -2.30. The van der Waals surface area contributed by atoms with Gasteiger partial charge in [-0.15, -0.1) is 0 Å². The van der Waals surface area contributed by atoms with Gasteiger partial charge in [0.1, 0.15) is 18.6 Å². The quantitative estimate of drug-likeness (QED) is 0.467. The van der Waals surface area contributed by atoms with E-state index in [-0.39, 0.29) is 17.8 Å². The van der Waals surface area contributed by atoms with Crippen molar-refractivity contribution in [2.24, 2.45) is 0 Å². The standard InChI is InChI=1S/C26H27NO7/c1-30-23-10-19-8-9-27(13-20(19)11-24(23)31-2)14-21-12-22(28)25(16-33-21)34-15-17-4-6-18(7-5-17)26(29)32-3/h4-7,10-12,16H,8-9,13-15H2,1-3H3. The van der Waals surface area contributed by atoms with Gasteiger partial charge in [-0.05, 0) is 47.4 Å². The van der Waals surface area contributed by atoms with E-state index in [9.17, 15) is 9.59 Å². The monoisotopic (exact) mass is 465 g/mol. The largest absolute Gasteiger partial charge is 0.493 e. The van der Waals surface area contributed by atoms with Gasteiger partial charge in [-0.1, -0.05) is 12.1 Å². The summed E-state index contributed by atoms with van der Waals surface area (Å²) in [4.78, 5) is 26.3. The maximum atomic E-state index is 12.5. The molecule has 0 bridgehead atoms. The SMILES string of the molecule is COC(=O)c1ccc(COc2coc(CN3CCc4cc(OC)c(OC)cc4C3)cc2=O)cc1. The van der Waals surface area contributed by atoms with E-state index in [0.29, 0.717) is 23.6 Å². The summed E-state index contributed by atoms with van der Waals surface area (Å²) in [6, 6.07) is 12.3. The minimum atomic E-state index is -0.403. The molecule has 4 rings (SSSR count). The molecule has 0 saturated carbocycles. The molecular formula is C26H27NO7. The van der Waals surface area contributed by atoms with Gasteiger partial charge in [0.05, 0.1) is 33.4 Å². The van der Waals surface area contributed by atoms with Gasteiger partial charge in [-0.2, -0.15) is 0 Å². The van der Waals surface area contributed by atoms with Crippen LogP contribution >= 0.6 is 0 Å². The van der Waals surface area contributed by atoms with E-state index < -0.39 is 5.97 Å². The fourth-order valence-corrected chi connectivity index (χ4v) is 3.94. The number of ether oxygens (including phenoxy) is 4. The van der Waals surface area contributed by atoms with Crippen LogP contribution in [0.15, 0.2) is 57.9 Å². The van der Waals surface area contributed by atoms with Gasteiger partial charge in [-0.3, -0.25) is 9.69 Å². The van der Waals surface area contributed by atoms with Crippen molar-refractivity contribution in [2.75, 3.05) is 27.9 Å². The highest BCUT2D eigenvalue weighted by atomic mass is 16.5. The Morgan fingerprint density at radius 3 is 2.32 bits per heavy atom. The van der Waals surface area contributed by atoms with Gasteiger partial charge >= 0.3 is 5.97 Å². The number of rotatable bonds is 8. The maximum absolute atomic E-state index is 12.5. The molecule has 1 aliphatic rings. The fourth-order valence-electron chi connectivity index (χ4n) is 3.94. The van der Waals surface area contributed by atoms with E-state index in [0.717, 1.165) is 30.8 Å². The maximum Gasteiger partial charge on any atom is 0.337 e. The lowest BCUT2D eigenvalue weighted by atomic mass is 9.98. The molecule has 0 atom stereocenters. The number of carbonyl (C=O) groups is 1. The lowest BCUT2D eigenvalue weighted by molar-refractivity contribution is 0.0600. The Bertz CT molecular complexity index is 1220. The average molecular weight is 466 g/mol.